The van der Waals surface area contributed by atoms with Crippen LogP contribution in [0.3, 0.4) is 0 Å². The molecule has 0 saturated carbocycles. The molecule has 6 rings (SSSR count). The molecule has 0 radical (unpaired) electrons. The Bertz CT molecular complexity index is 1550. The van der Waals surface area contributed by atoms with E-state index in [1.807, 2.05) is 54.6 Å². The fourth-order valence-corrected chi connectivity index (χ4v) is 6.42. The zero-order valence-electron chi connectivity index (χ0n) is 20.2. The van der Waals surface area contributed by atoms with E-state index in [0.29, 0.717) is 32.9 Å². The number of amides is 1. The van der Waals surface area contributed by atoms with Gasteiger partial charge in [0.05, 0.1) is 33.6 Å². The summed E-state index contributed by atoms with van der Waals surface area (Å²) < 4.78 is 0. The van der Waals surface area contributed by atoms with Crippen LogP contribution in [0.25, 0.3) is 0 Å². The Labute approximate surface area is 227 Å². The summed E-state index contributed by atoms with van der Waals surface area (Å²) in [4.78, 5) is 25.4. The van der Waals surface area contributed by atoms with Crippen LogP contribution in [0.1, 0.15) is 18.5 Å². The van der Waals surface area contributed by atoms with Gasteiger partial charge in [-0.1, -0.05) is 72.1 Å². The van der Waals surface area contributed by atoms with E-state index >= 15 is 0 Å². The molecule has 0 fully saturated rings. The third-order valence-electron chi connectivity index (χ3n) is 6.24. The Hall–Kier alpha value is -4.28. The summed E-state index contributed by atoms with van der Waals surface area (Å²) in [5.74, 6) is 0.0665. The second-order valence-corrected chi connectivity index (χ2v) is 10.5. The highest BCUT2D eigenvalue weighted by Gasteiger charge is 2.42. The number of aliphatic hydroxyl groups excluding tert-OH is 1. The van der Waals surface area contributed by atoms with Gasteiger partial charge in [0, 0.05) is 16.5 Å². The lowest BCUT2D eigenvalue weighted by atomic mass is 9.93. The van der Waals surface area contributed by atoms with Gasteiger partial charge in [0.1, 0.15) is 17.4 Å². The monoisotopic (exact) mass is 538 g/mol. The second kappa shape index (κ2) is 9.88. The average molecular weight is 539 g/mol. The van der Waals surface area contributed by atoms with Crippen molar-refractivity contribution in [3.8, 4) is 0 Å². The predicted octanol–water partition coefficient (Wildman–Crippen LogP) is 6.26. The first-order chi connectivity index (χ1) is 18.5. The van der Waals surface area contributed by atoms with Crippen LogP contribution in [0.5, 0.6) is 0 Å². The largest absolute Gasteiger partial charge is 0.507 e. The number of carbonyl (C=O) groups is 1. The lowest BCUT2D eigenvalue weighted by Crippen LogP contribution is -2.44. The van der Waals surface area contributed by atoms with E-state index in [2.05, 4.69) is 15.6 Å². The molecule has 1 atom stereocenters. The number of amidine groups is 2. The van der Waals surface area contributed by atoms with Crippen molar-refractivity contribution in [2.75, 3.05) is 10.6 Å². The summed E-state index contributed by atoms with van der Waals surface area (Å²) in [6.07, 6.45) is 1.61. The van der Waals surface area contributed by atoms with Gasteiger partial charge in [0.2, 0.25) is 0 Å². The molecule has 0 aliphatic carbocycles. The van der Waals surface area contributed by atoms with Crippen molar-refractivity contribution in [3.05, 3.63) is 118 Å². The van der Waals surface area contributed by atoms with E-state index in [0.717, 1.165) is 16.1 Å². The molecule has 188 valence electrons. The van der Waals surface area contributed by atoms with Gasteiger partial charge in [-0.2, -0.15) is 0 Å². The quantitative estimate of drug-likeness (QED) is 0.311. The van der Waals surface area contributed by atoms with Crippen molar-refractivity contribution in [2.45, 2.75) is 17.9 Å². The lowest BCUT2D eigenvalue weighted by Gasteiger charge is -2.38. The molecule has 4 N–H and O–H groups in total. The maximum absolute atomic E-state index is 13.7. The number of rotatable bonds is 3. The van der Waals surface area contributed by atoms with E-state index < -0.39 is 6.04 Å². The molecule has 8 nitrogen and oxygen atoms in total. The minimum absolute atomic E-state index is 0.0368. The molecule has 3 aliphatic rings. The number of pyridine rings is 1. The van der Waals surface area contributed by atoms with E-state index in [9.17, 15) is 15.3 Å². The van der Waals surface area contributed by atoms with Crippen LogP contribution < -0.4 is 10.6 Å². The minimum Gasteiger partial charge on any atom is -0.507 e. The van der Waals surface area contributed by atoms with Crippen LogP contribution in [-0.4, -0.2) is 31.9 Å². The molecule has 3 aliphatic heterocycles. The molecule has 2 aromatic carbocycles. The van der Waals surface area contributed by atoms with E-state index in [1.54, 1.807) is 41.6 Å². The van der Waals surface area contributed by atoms with Crippen molar-refractivity contribution in [1.82, 2.24) is 9.88 Å². The number of aromatic nitrogens is 1. The Morgan fingerprint density at radius 1 is 1.08 bits per heavy atom. The Morgan fingerprint density at radius 3 is 2.61 bits per heavy atom. The normalized spacial score (nSPS) is 20.6. The van der Waals surface area contributed by atoms with E-state index in [-0.39, 0.29) is 17.5 Å². The summed E-state index contributed by atoms with van der Waals surface area (Å²) in [5.41, 5.74) is 3.00. The fourth-order valence-electron chi connectivity index (χ4n) is 4.53. The van der Waals surface area contributed by atoms with E-state index in [4.69, 9.17) is 4.99 Å². The summed E-state index contributed by atoms with van der Waals surface area (Å²) in [6, 6.07) is 22.0. The van der Waals surface area contributed by atoms with Gasteiger partial charge in [-0.05, 0) is 36.8 Å². The van der Waals surface area contributed by atoms with Gasteiger partial charge < -0.3 is 15.7 Å². The van der Waals surface area contributed by atoms with Gasteiger partial charge in [-0.3, -0.25) is 15.1 Å². The Kier molecular flexibility index (Phi) is 6.26. The number of thioether (sulfide) groups is 2. The Balaban J connectivity index is 1.47. The van der Waals surface area contributed by atoms with Crippen molar-refractivity contribution in [3.63, 3.8) is 0 Å². The number of hydrogen-bond acceptors (Lipinski definition) is 8. The SMILES string of the molecule is CC1=C(C(=O)Nc2ccccn2)C(c2ccccc2)N2C(=N)/C(=C3\Nc4ccccc4S3)C(O)=CSC2=N1. The predicted molar refractivity (Wildman–Crippen MR) is 153 cm³/mol. The lowest BCUT2D eigenvalue weighted by molar-refractivity contribution is -0.113. The topological polar surface area (TPSA) is 114 Å². The number of allylic oxidation sites excluding steroid dienone is 1. The van der Waals surface area contributed by atoms with E-state index in [1.165, 1.54) is 23.5 Å². The van der Waals surface area contributed by atoms with Crippen LogP contribution in [0.15, 0.2) is 122 Å². The number of nitrogens with one attached hydrogen (secondary N) is 3. The molecule has 1 amide bonds. The van der Waals surface area contributed by atoms with Gasteiger partial charge in [-0.15, -0.1) is 0 Å². The highest BCUT2D eigenvalue weighted by molar-refractivity contribution is 8.16. The molecule has 3 aromatic rings. The van der Waals surface area contributed by atoms with Crippen molar-refractivity contribution in [1.29, 1.82) is 5.41 Å². The number of fused-ring (bicyclic) bond motifs is 2. The molecular weight excluding hydrogens is 516 g/mol. The first-order valence-corrected chi connectivity index (χ1v) is 13.5. The van der Waals surface area contributed by atoms with Crippen LogP contribution in [0, 0.1) is 5.41 Å². The third kappa shape index (κ3) is 4.27. The van der Waals surface area contributed by atoms with Gasteiger partial charge in [0.25, 0.3) is 5.91 Å². The molecule has 0 saturated heterocycles. The highest BCUT2D eigenvalue weighted by atomic mass is 32.2. The molecule has 4 heterocycles. The Morgan fingerprint density at radius 2 is 1.84 bits per heavy atom. The molecular formula is C28H22N6O2S2. The first kappa shape index (κ1) is 24.1. The highest BCUT2D eigenvalue weighted by Crippen LogP contribution is 2.46. The zero-order chi connectivity index (χ0) is 26.2. The van der Waals surface area contributed by atoms with Gasteiger partial charge in [-0.25, -0.2) is 9.98 Å². The maximum Gasteiger partial charge on any atom is 0.257 e. The van der Waals surface area contributed by atoms with Crippen LogP contribution in [0.4, 0.5) is 11.5 Å². The van der Waals surface area contributed by atoms with Crippen LogP contribution >= 0.6 is 23.5 Å². The van der Waals surface area contributed by atoms with Gasteiger partial charge in [0.15, 0.2) is 5.17 Å². The fraction of sp³-hybridized carbons (Fsp3) is 0.0714. The summed E-state index contributed by atoms with van der Waals surface area (Å²) in [7, 11) is 0. The van der Waals surface area contributed by atoms with Crippen LogP contribution in [0.2, 0.25) is 0 Å². The summed E-state index contributed by atoms with van der Waals surface area (Å²) >= 11 is 2.68. The number of aliphatic hydroxyl groups is 1. The number of benzene rings is 2. The van der Waals surface area contributed by atoms with Crippen molar-refractivity contribution >= 4 is 51.9 Å². The van der Waals surface area contributed by atoms with Crippen molar-refractivity contribution < 1.29 is 9.90 Å². The number of carbonyl (C=O) groups excluding carboxylic acids is 1. The maximum atomic E-state index is 13.7. The standard InChI is InChI=1S/C28H22N6O2S2/c1-16-22(26(36)33-21-13-7-8-14-30-21)24(17-9-3-2-4-10-17)34-25(29)23(19(35)15-37-28(34)31-16)27-32-18-11-5-6-12-20(18)38-27/h2-15,24,29,32,35H,1H3,(H,30,33,36)/b27-23+,29-25?. The minimum atomic E-state index is -0.656. The second-order valence-electron chi connectivity index (χ2n) is 8.64. The number of hydrogen-bond donors (Lipinski definition) is 4. The first-order valence-electron chi connectivity index (χ1n) is 11.8. The molecule has 0 bridgehead atoms. The van der Waals surface area contributed by atoms with Crippen molar-refractivity contribution in [2.24, 2.45) is 4.99 Å². The molecule has 10 heteroatoms. The molecule has 0 spiro atoms. The molecule has 38 heavy (non-hydrogen) atoms. The number of anilines is 2. The smallest absolute Gasteiger partial charge is 0.257 e. The average Bonchev–Trinajstić information content (AvgIpc) is 3.31. The number of para-hydroxylation sites is 1. The van der Waals surface area contributed by atoms with Gasteiger partial charge >= 0.3 is 0 Å². The zero-order valence-corrected chi connectivity index (χ0v) is 21.8. The number of nitrogens with zero attached hydrogens (tertiary/aromatic N) is 3. The molecule has 1 aromatic heterocycles. The summed E-state index contributed by atoms with van der Waals surface area (Å²) in [6.45, 7) is 1.79. The summed E-state index contributed by atoms with van der Waals surface area (Å²) in [5, 5.41) is 29.4. The molecule has 1 unspecified atom stereocenters. The number of aliphatic imine (C=N–C) groups is 1. The van der Waals surface area contributed by atoms with Crippen LogP contribution in [-0.2, 0) is 4.79 Å². The third-order valence-corrected chi connectivity index (χ3v) is 8.17.